The Morgan fingerprint density at radius 3 is 2.57 bits per heavy atom. The van der Waals surface area contributed by atoms with Crippen LogP contribution in [0.2, 0.25) is 0 Å². The number of likely N-dealkylation sites (N-methyl/N-ethyl adjacent to an activating group) is 1. The van der Waals surface area contributed by atoms with Crippen molar-refractivity contribution in [3.63, 3.8) is 0 Å². The maximum atomic E-state index is 12.7. The largest absolute Gasteiger partial charge is 0.492 e. The van der Waals surface area contributed by atoms with Crippen LogP contribution in [-0.2, 0) is 26.6 Å². The van der Waals surface area contributed by atoms with Gasteiger partial charge in [0.25, 0.3) is 0 Å². The third-order valence-electron chi connectivity index (χ3n) is 3.91. The number of carbonyl (C=O) groups is 2. The van der Waals surface area contributed by atoms with Crippen molar-refractivity contribution < 1.29 is 27.5 Å². The van der Waals surface area contributed by atoms with Gasteiger partial charge in [-0.1, -0.05) is 12.1 Å². The molecule has 2 aromatic rings. The fourth-order valence-electron chi connectivity index (χ4n) is 2.49. The molecular formula is C18H23N3O6S. The first-order valence-corrected chi connectivity index (χ1v) is 9.87. The number of hydrogen-bond acceptors (Lipinski definition) is 6. The van der Waals surface area contributed by atoms with Gasteiger partial charge >= 0.3 is 5.97 Å². The molecule has 0 radical (unpaired) electrons. The van der Waals surface area contributed by atoms with Gasteiger partial charge in [-0.05, 0) is 25.1 Å². The van der Waals surface area contributed by atoms with E-state index in [9.17, 15) is 18.0 Å². The number of amides is 1. The standard InChI is InChI=1S/C18H23N3O6S/c1-5-27-16-9-7-6-8-14(16)19-17(22)12-21(3)28(24,25)13-10-15(18(23)26-4)20(2)11-13/h6-11H,5,12H2,1-4H3,(H,19,22). The van der Waals surface area contributed by atoms with Crippen LogP contribution < -0.4 is 10.1 Å². The number of aryl methyl sites for hydroxylation is 1. The van der Waals surface area contributed by atoms with Gasteiger partial charge in [-0.2, -0.15) is 4.31 Å². The molecule has 0 atom stereocenters. The molecule has 10 heteroatoms. The first-order chi connectivity index (χ1) is 13.2. The summed E-state index contributed by atoms with van der Waals surface area (Å²) < 4.78 is 37.8. The minimum atomic E-state index is -3.98. The Morgan fingerprint density at radius 1 is 1.25 bits per heavy atom. The number of esters is 1. The number of carbonyl (C=O) groups excluding carboxylic acids is 2. The van der Waals surface area contributed by atoms with Crippen molar-refractivity contribution in [2.75, 3.05) is 32.6 Å². The number of anilines is 1. The Labute approximate surface area is 163 Å². The van der Waals surface area contributed by atoms with Crippen LogP contribution in [0, 0.1) is 0 Å². The summed E-state index contributed by atoms with van der Waals surface area (Å²) in [6, 6.07) is 8.08. The van der Waals surface area contributed by atoms with Crippen LogP contribution in [0.15, 0.2) is 41.4 Å². The van der Waals surface area contributed by atoms with Crippen LogP contribution in [0.25, 0.3) is 0 Å². The summed E-state index contributed by atoms with van der Waals surface area (Å²) in [5.74, 6) is -0.686. The number of aromatic nitrogens is 1. The molecule has 1 heterocycles. The normalized spacial score (nSPS) is 11.3. The Balaban J connectivity index is 2.14. The number of nitrogens with one attached hydrogen (secondary N) is 1. The zero-order chi connectivity index (χ0) is 20.9. The number of nitrogens with zero attached hydrogens (tertiary/aromatic N) is 2. The van der Waals surface area contributed by atoms with E-state index in [0.29, 0.717) is 18.0 Å². The molecule has 152 valence electrons. The van der Waals surface area contributed by atoms with E-state index in [1.165, 1.54) is 38.0 Å². The lowest BCUT2D eigenvalue weighted by Gasteiger charge is -2.17. The number of hydrogen-bond donors (Lipinski definition) is 1. The monoisotopic (exact) mass is 409 g/mol. The van der Waals surface area contributed by atoms with Crippen LogP contribution in [0.1, 0.15) is 17.4 Å². The first kappa shape index (κ1) is 21.5. The van der Waals surface area contributed by atoms with Crippen LogP contribution in [0.4, 0.5) is 5.69 Å². The minimum absolute atomic E-state index is 0.0876. The van der Waals surface area contributed by atoms with E-state index in [1.54, 1.807) is 24.3 Å². The lowest BCUT2D eigenvalue weighted by Crippen LogP contribution is -2.34. The van der Waals surface area contributed by atoms with Crippen molar-refractivity contribution in [2.24, 2.45) is 7.05 Å². The third-order valence-corrected chi connectivity index (χ3v) is 5.68. The van der Waals surface area contributed by atoms with Crippen molar-refractivity contribution in [1.29, 1.82) is 0 Å². The second kappa shape index (κ2) is 8.89. The van der Waals surface area contributed by atoms with Crippen LogP contribution in [0.5, 0.6) is 5.75 Å². The van der Waals surface area contributed by atoms with Gasteiger partial charge < -0.3 is 19.4 Å². The molecule has 0 aliphatic heterocycles. The second-order valence-electron chi connectivity index (χ2n) is 5.90. The van der Waals surface area contributed by atoms with E-state index in [2.05, 4.69) is 10.1 Å². The van der Waals surface area contributed by atoms with Crippen molar-refractivity contribution in [1.82, 2.24) is 8.87 Å². The molecule has 1 amide bonds. The quantitative estimate of drug-likeness (QED) is 0.662. The van der Waals surface area contributed by atoms with Crippen LogP contribution in [0.3, 0.4) is 0 Å². The summed E-state index contributed by atoms with van der Waals surface area (Å²) in [6.07, 6.45) is 1.29. The lowest BCUT2D eigenvalue weighted by atomic mass is 10.3. The summed E-state index contributed by atoms with van der Waals surface area (Å²) in [5, 5.41) is 2.64. The molecule has 2 rings (SSSR count). The SMILES string of the molecule is CCOc1ccccc1NC(=O)CN(C)S(=O)(=O)c1cc(C(=O)OC)n(C)c1. The molecular weight excluding hydrogens is 386 g/mol. The average molecular weight is 409 g/mol. The second-order valence-corrected chi connectivity index (χ2v) is 7.95. The Hall–Kier alpha value is -2.85. The van der Waals surface area contributed by atoms with E-state index in [4.69, 9.17) is 4.74 Å². The number of ether oxygens (including phenoxy) is 2. The molecule has 0 spiro atoms. The molecule has 1 aromatic carbocycles. The molecule has 28 heavy (non-hydrogen) atoms. The number of benzene rings is 1. The molecule has 1 N–H and O–H groups in total. The van der Waals surface area contributed by atoms with Gasteiger partial charge in [-0.3, -0.25) is 4.79 Å². The highest BCUT2D eigenvalue weighted by molar-refractivity contribution is 7.89. The topological polar surface area (TPSA) is 107 Å². The predicted octanol–water partition coefficient (Wildman–Crippen LogP) is 1.47. The van der Waals surface area contributed by atoms with Gasteiger partial charge in [0.2, 0.25) is 15.9 Å². The minimum Gasteiger partial charge on any atom is -0.492 e. The van der Waals surface area contributed by atoms with Gasteiger partial charge in [0.05, 0.1) is 25.9 Å². The maximum absolute atomic E-state index is 12.7. The molecule has 0 bridgehead atoms. The van der Waals surface area contributed by atoms with E-state index < -0.39 is 28.4 Å². The molecule has 0 aliphatic rings. The van der Waals surface area contributed by atoms with Gasteiger partial charge in [0.15, 0.2) is 0 Å². The molecule has 0 saturated carbocycles. The number of sulfonamides is 1. The fourth-order valence-corrected chi connectivity index (χ4v) is 3.69. The Morgan fingerprint density at radius 2 is 1.93 bits per heavy atom. The van der Waals surface area contributed by atoms with Crippen LogP contribution >= 0.6 is 0 Å². The van der Waals surface area contributed by atoms with Crippen molar-refractivity contribution in [3.05, 3.63) is 42.2 Å². The summed E-state index contributed by atoms with van der Waals surface area (Å²) >= 11 is 0. The maximum Gasteiger partial charge on any atom is 0.354 e. The summed E-state index contributed by atoms with van der Waals surface area (Å²) in [7, 11) is 0.0472. The van der Waals surface area contributed by atoms with Crippen molar-refractivity contribution >= 4 is 27.6 Å². The molecule has 1 aromatic heterocycles. The summed E-state index contributed by atoms with van der Waals surface area (Å²) in [5.41, 5.74) is 0.539. The number of methoxy groups -OCH3 is 1. The Kier molecular flexibility index (Phi) is 6.81. The van der Waals surface area contributed by atoms with E-state index in [1.807, 2.05) is 6.92 Å². The highest BCUT2D eigenvalue weighted by Crippen LogP contribution is 2.24. The molecule has 0 unspecified atom stereocenters. The van der Waals surface area contributed by atoms with Crippen LogP contribution in [-0.4, -0.2) is 56.5 Å². The third kappa shape index (κ3) is 4.70. The smallest absolute Gasteiger partial charge is 0.354 e. The molecule has 0 aliphatic carbocycles. The van der Waals surface area contributed by atoms with Gasteiger partial charge in [0, 0.05) is 20.3 Å². The average Bonchev–Trinajstić information content (AvgIpc) is 3.05. The predicted molar refractivity (Wildman–Crippen MR) is 103 cm³/mol. The van der Waals surface area contributed by atoms with E-state index >= 15 is 0 Å². The molecule has 9 nitrogen and oxygen atoms in total. The van der Waals surface area contributed by atoms with Gasteiger partial charge in [0.1, 0.15) is 16.3 Å². The number of para-hydroxylation sites is 2. The fraction of sp³-hybridized carbons (Fsp3) is 0.333. The molecule has 0 saturated heterocycles. The van der Waals surface area contributed by atoms with Crippen molar-refractivity contribution in [2.45, 2.75) is 11.8 Å². The zero-order valence-corrected chi connectivity index (χ0v) is 16.9. The van der Waals surface area contributed by atoms with Gasteiger partial charge in [-0.15, -0.1) is 0 Å². The number of rotatable bonds is 8. The van der Waals surface area contributed by atoms with E-state index in [0.717, 1.165) is 4.31 Å². The van der Waals surface area contributed by atoms with Crippen molar-refractivity contribution in [3.8, 4) is 5.75 Å². The zero-order valence-electron chi connectivity index (χ0n) is 16.1. The van der Waals surface area contributed by atoms with E-state index in [-0.39, 0.29) is 10.6 Å². The van der Waals surface area contributed by atoms with Gasteiger partial charge in [-0.25, -0.2) is 13.2 Å². The first-order valence-electron chi connectivity index (χ1n) is 8.43. The highest BCUT2D eigenvalue weighted by atomic mass is 32.2. The highest BCUT2D eigenvalue weighted by Gasteiger charge is 2.26. The molecule has 0 fully saturated rings. The lowest BCUT2D eigenvalue weighted by molar-refractivity contribution is -0.116. The summed E-state index contributed by atoms with van der Waals surface area (Å²) in [6.45, 7) is 1.84. The Bertz CT molecular complexity index is 967. The summed E-state index contributed by atoms with van der Waals surface area (Å²) in [4.78, 5) is 23.9.